The fourth-order valence-corrected chi connectivity index (χ4v) is 1.42. The van der Waals surface area contributed by atoms with Crippen LogP contribution in [0.15, 0.2) is 36.7 Å². The molecule has 0 unspecified atom stereocenters. The second-order valence-electron chi connectivity index (χ2n) is 3.62. The van der Waals surface area contributed by atoms with Gasteiger partial charge in [0.15, 0.2) is 0 Å². The largest absolute Gasteiger partial charge is 0.492 e. The molecule has 0 aliphatic carbocycles. The topological polar surface area (TPSA) is 53.1 Å². The normalized spacial score (nSPS) is 9.89. The van der Waals surface area contributed by atoms with E-state index in [9.17, 15) is 4.39 Å². The Morgan fingerprint density at radius 1 is 1.28 bits per heavy atom. The molecule has 0 amide bonds. The highest BCUT2D eigenvalue weighted by Gasteiger charge is 1.98. The fraction of sp³-hybridized carbons (Fsp3) is 0.250. The van der Waals surface area contributed by atoms with Crippen molar-refractivity contribution >= 4 is 12.4 Å². The average Bonchev–Trinajstić information content (AvgIpc) is 2.80. The van der Waals surface area contributed by atoms with E-state index in [1.165, 1.54) is 12.1 Å². The molecular weight excluding hydrogens is 257 g/mol. The summed E-state index contributed by atoms with van der Waals surface area (Å²) in [5.74, 6) is 0.384. The Labute approximate surface area is 111 Å². The van der Waals surface area contributed by atoms with E-state index >= 15 is 0 Å². The maximum absolute atomic E-state index is 12.6. The second kappa shape index (κ2) is 6.98. The quantitative estimate of drug-likeness (QED) is 0.905. The van der Waals surface area contributed by atoms with Gasteiger partial charge in [-0.3, -0.25) is 4.68 Å². The zero-order valence-electron chi connectivity index (χ0n) is 9.75. The van der Waals surface area contributed by atoms with Crippen LogP contribution in [0.2, 0.25) is 0 Å². The minimum Gasteiger partial charge on any atom is -0.492 e. The minimum atomic E-state index is -0.267. The molecule has 2 N–H and O–H groups in total. The van der Waals surface area contributed by atoms with Gasteiger partial charge in [0, 0.05) is 18.3 Å². The fourth-order valence-electron chi connectivity index (χ4n) is 1.42. The van der Waals surface area contributed by atoms with Crippen LogP contribution < -0.4 is 10.5 Å². The van der Waals surface area contributed by atoms with Crippen LogP contribution in [0.3, 0.4) is 0 Å². The first kappa shape index (κ1) is 14.5. The lowest BCUT2D eigenvalue weighted by atomic mass is 10.3. The predicted molar refractivity (Wildman–Crippen MR) is 69.3 cm³/mol. The van der Waals surface area contributed by atoms with Gasteiger partial charge in [0.2, 0.25) is 0 Å². The summed E-state index contributed by atoms with van der Waals surface area (Å²) in [7, 11) is 0. The van der Waals surface area contributed by atoms with Gasteiger partial charge in [-0.1, -0.05) is 0 Å². The first-order valence-corrected chi connectivity index (χ1v) is 5.37. The number of nitrogens with zero attached hydrogens (tertiary/aromatic N) is 2. The zero-order valence-corrected chi connectivity index (χ0v) is 10.6. The number of halogens is 2. The number of nitrogens with two attached hydrogens (primary N) is 1. The predicted octanol–water partition coefficient (Wildman–Crippen LogP) is 1.98. The number of ether oxygens (including phenoxy) is 1. The standard InChI is InChI=1S/C12H14FN3O.ClH/c13-11-1-3-12(4-2-11)17-6-5-16-9-10(7-14)8-15-16;/h1-4,8-9H,5-7,14H2;1H. The molecule has 0 aliphatic heterocycles. The zero-order chi connectivity index (χ0) is 12.1. The molecule has 0 radical (unpaired) electrons. The molecule has 1 aromatic heterocycles. The molecule has 0 bridgehead atoms. The molecule has 18 heavy (non-hydrogen) atoms. The Morgan fingerprint density at radius 3 is 2.61 bits per heavy atom. The first-order chi connectivity index (χ1) is 8.28. The van der Waals surface area contributed by atoms with Gasteiger partial charge in [0.25, 0.3) is 0 Å². The van der Waals surface area contributed by atoms with Crippen LogP contribution in [0.25, 0.3) is 0 Å². The summed E-state index contributed by atoms with van der Waals surface area (Å²) in [5.41, 5.74) is 6.47. The molecule has 0 saturated heterocycles. The van der Waals surface area contributed by atoms with Gasteiger partial charge in [0.1, 0.15) is 18.2 Å². The van der Waals surface area contributed by atoms with Crippen molar-refractivity contribution in [3.63, 3.8) is 0 Å². The van der Waals surface area contributed by atoms with Crippen molar-refractivity contribution < 1.29 is 9.13 Å². The number of rotatable bonds is 5. The molecule has 6 heteroatoms. The van der Waals surface area contributed by atoms with E-state index in [2.05, 4.69) is 5.10 Å². The lowest BCUT2D eigenvalue weighted by Gasteiger charge is -2.05. The van der Waals surface area contributed by atoms with Crippen LogP contribution in [-0.4, -0.2) is 16.4 Å². The van der Waals surface area contributed by atoms with Gasteiger partial charge in [-0.25, -0.2) is 4.39 Å². The Morgan fingerprint density at radius 2 is 2.00 bits per heavy atom. The van der Waals surface area contributed by atoms with Gasteiger partial charge in [-0.15, -0.1) is 12.4 Å². The molecule has 0 saturated carbocycles. The highest BCUT2D eigenvalue weighted by molar-refractivity contribution is 5.85. The van der Waals surface area contributed by atoms with E-state index in [0.29, 0.717) is 25.4 Å². The van der Waals surface area contributed by atoms with Crippen molar-refractivity contribution in [2.45, 2.75) is 13.1 Å². The molecule has 0 aliphatic rings. The maximum Gasteiger partial charge on any atom is 0.123 e. The Kier molecular flexibility index (Phi) is 5.61. The second-order valence-corrected chi connectivity index (χ2v) is 3.62. The smallest absolute Gasteiger partial charge is 0.123 e. The molecule has 1 aromatic carbocycles. The van der Waals surface area contributed by atoms with E-state index in [4.69, 9.17) is 10.5 Å². The SMILES string of the molecule is Cl.NCc1cnn(CCOc2ccc(F)cc2)c1. The van der Waals surface area contributed by atoms with Crippen LogP contribution in [0, 0.1) is 5.82 Å². The summed E-state index contributed by atoms with van der Waals surface area (Å²) in [6, 6.07) is 5.94. The van der Waals surface area contributed by atoms with Crippen molar-refractivity contribution in [3.05, 3.63) is 48.0 Å². The highest BCUT2D eigenvalue weighted by atomic mass is 35.5. The number of hydrogen-bond donors (Lipinski definition) is 1. The van der Waals surface area contributed by atoms with Gasteiger partial charge < -0.3 is 10.5 Å². The lowest BCUT2D eigenvalue weighted by Crippen LogP contribution is -2.08. The Balaban J connectivity index is 0.00000162. The monoisotopic (exact) mass is 271 g/mol. The molecule has 0 fully saturated rings. The van der Waals surface area contributed by atoms with E-state index in [-0.39, 0.29) is 18.2 Å². The van der Waals surface area contributed by atoms with Crippen LogP contribution >= 0.6 is 12.4 Å². The van der Waals surface area contributed by atoms with Crippen molar-refractivity contribution in [1.29, 1.82) is 0 Å². The summed E-state index contributed by atoms with van der Waals surface area (Å²) < 4.78 is 19.9. The Bertz CT molecular complexity index is 472. The molecule has 0 atom stereocenters. The van der Waals surface area contributed by atoms with Crippen LogP contribution in [0.1, 0.15) is 5.56 Å². The molecule has 0 spiro atoms. The van der Waals surface area contributed by atoms with Crippen LogP contribution in [-0.2, 0) is 13.1 Å². The van der Waals surface area contributed by atoms with Crippen molar-refractivity contribution in [2.75, 3.05) is 6.61 Å². The summed E-state index contributed by atoms with van der Waals surface area (Å²) in [4.78, 5) is 0. The molecule has 2 aromatic rings. The Hall–Kier alpha value is -1.59. The van der Waals surface area contributed by atoms with Crippen molar-refractivity contribution in [3.8, 4) is 5.75 Å². The molecule has 2 rings (SSSR count). The molecule has 98 valence electrons. The summed E-state index contributed by atoms with van der Waals surface area (Å²) in [6.07, 6.45) is 3.62. The average molecular weight is 272 g/mol. The number of benzene rings is 1. The summed E-state index contributed by atoms with van der Waals surface area (Å²) >= 11 is 0. The maximum atomic E-state index is 12.6. The lowest BCUT2D eigenvalue weighted by molar-refractivity contribution is 0.291. The molecule has 1 heterocycles. The molecular formula is C12H15ClFN3O. The van der Waals surface area contributed by atoms with Crippen molar-refractivity contribution in [1.82, 2.24) is 9.78 Å². The van der Waals surface area contributed by atoms with Gasteiger partial charge in [-0.2, -0.15) is 5.10 Å². The highest BCUT2D eigenvalue weighted by Crippen LogP contribution is 2.10. The number of hydrogen-bond acceptors (Lipinski definition) is 3. The molecule has 4 nitrogen and oxygen atoms in total. The summed E-state index contributed by atoms with van der Waals surface area (Å²) in [6.45, 7) is 1.60. The number of aromatic nitrogens is 2. The van der Waals surface area contributed by atoms with Crippen LogP contribution in [0.5, 0.6) is 5.75 Å². The third-order valence-electron chi connectivity index (χ3n) is 2.33. The third-order valence-corrected chi connectivity index (χ3v) is 2.33. The minimum absolute atomic E-state index is 0. The van der Waals surface area contributed by atoms with Gasteiger partial charge in [-0.05, 0) is 24.3 Å². The van der Waals surface area contributed by atoms with E-state index in [1.807, 2.05) is 6.20 Å². The van der Waals surface area contributed by atoms with Crippen LogP contribution in [0.4, 0.5) is 4.39 Å². The van der Waals surface area contributed by atoms with E-state index in [0.717, 1.165) is 5.56 Å². The summed E-state index contributed by atoms with van der Waals surface area (Å²) in [5, 5.41) is 4.13. The van der Waals surface area contributed by atoms with E-state index < -0.39 is 0 Å². The third kappa shape index (κ3) is 4.01. The first-order valence-electron chi connectivity index (χ1n) is 5.37. The van der Waals surface area contributed by atoms with Gasteiger partial charge >= 0.3 is 0 Å². The van der Waals surface area contributed by atoms with Crippen molar-refractivity contribution in [2.24, 2.45) is 5.73 Å². The van der Waals surface area contributed by atoms with Gasteiger partial charge in [0.05, 0.1) is 12.7 Å². The van der Waals surface area contributed by atoms with E-state index in [1.54, 1.807) is 23.0 Å².